The predicted molar refractivity (Wildman–Crippen MR) is 89.8 cm³/mol. The van der Waals surface area contributed by atoms with Crippen molar-refractivity contribution in [1.82, 2.24) is 0 Å². The third kappa shape index (κ3) is 3.74. The number of hydrogen-bond acceptors (Lipinski definition) is 1. The van der Waals surface area contributed by atoms with Crippen LogP contribution in [0.4, 0.5) is 0 Å². The van der Waals surface area contributed by atoms with Crippen LogP contribution in [0.2, 0.25) is 0 Å². The van der Waals surface area contributed by atoms with Gasteiger partial charge < -0.3 is 5.11 Å². The monoisotopic (exact) mass is 282 g/mol. The maximum atomic E-state index is 10.5. The number of hydrogen-bond donors (Lipinski definition) is 1. The summed E-state index contributed by atoms with van der Waals surface area (Å²) in [5.74, 6) is 0.526. The minimum absolute atomic E-state index is 0.439. The molecule has 0 saturated heterocycles. The van der Waals surface area contributed by atoms with Crippen LogP contribution in [0, 0.1) is 20.8 Å². The molecule has 1 atom stereocenters. The maximum Gasteiger partial charge on any atom is 0.0830 e. The molecule has 0 aliphatic carbocycles. The predicted octanol–water partition coefficient (Wildman–Crippen LogP) is 5.01. The van der Waals surface area contributed by atoms with Crippen LogP contribution in [0.1, 0.15) is 59.3 Å². The van der Waals surface area contributed by atoms with E-state index in [1.54, 1.807) is 0 Å². The molecule has 1 nitrogen and oxygen atoms in total. The van der Waals surface area contributed by atoms with Crippen molar-refractivity contribution in [3.8, 4) is 0 Å². The van der Waals surface area contributed by atoms with Crippen LogP contribution < -0.4 is 0 Å². The summed E-state index contributed by atoms with van der Waals surface area (Å²) in [5, 5.41) is 10.5. The molecule has 0 bridgehead atoms. The molecule has 0 saturated carbocycles. The molecule has 0 heterocycles. The molecule has 0 aliphatic rings. The highest BCUT2D eigenvalue weighted by Crippen LogP contribution is 2.25. The number of aryl methyl sites for hydroxylation is 3. The van der Waals surface area contributed by atoms with Crippen molar-refractivity contribution in [2.75, 3.05) is 0 Å². The van der Waals surface area contributed by atoms with Gasteiger partial charge >= 0.3 is 0 Å². The van der Waals surface area contributed by atoms with Crippen molar-refractivity contribution in [2.24, 2.45) is 0 Å². The van der Waals surface area contributed by atoms with Gasteiger partial charge in [0, 0.05) is 6.42 Å². The number of rotatable bonds is 4. The van der Waals surface area contributed by atoms with Crippen molar-refractivity contribution < 1.29 is 5.11 Å². The van der Waals surface area contributed by atoms with E-state index < -0.39 is 6.10 Å². The first-order valence-electron chi connectivity index (χ1n) is 7.73. The largest absolute Gasteiger partial charge is 0.388 e. The SMILES string of the molecule is Cc1cc(C)c(CC(O)c2ccc(C(C)C)cc2)c(C)c1. The standard InChI is InChI=1S/C20H26O/c1-13(2)17-6-8-18(9-7-17)20(21)12-19-15(4)10-14(3)11-16(19)5/h6-11,13,20-21H,12H2,1-5H3. The lowest BCUT2D eigenvalue weighted by molar-refractivity contribution is 0.178. The molecule has 0 fully saturated rings. The molecule has 2 rings (SSSR count). The summed E-state index contributed by atoms with van der Waals surface area (Å²) in [6.07, 6.45) is 0.241. The molecule has 0 aromatic heterocycles. The van der Waals surface area contributed by atoms with E-state index >= 15 is 0 Å². The van der Waals surface area contributed by atoms with Gasteiger partial charge in [-0.1, -0.05) is 55.8 Å². The topological polar surface area (TPSA) is 20.2 Å². The molecule has 2 aromatic rings. The van der Waals surface area contributed by atoms with Gasteiger partial charge in [-0.15, -0.1) is 0 Å². The second-order valence-corrected chi connectivity index (χ2v) is 6.42. The average Bonchev–Trinajstić information content (AvgIpc) is 2.42. The van der Waals surface area contributed by atoms with Gasteiger partial charge in [0.2, 0.25) is 0 Å². The van der Waals surface area contributed by atoms with Gasteiger partial charge in [0.25, 0.3) is 0 Å². The van der Waals surface area contributed by atoms with Crippen LogP contribution in [-0.2, 0) is 6.42 Å². The minimum Gasteiger partial charge on any atom is -0.388 e. The Labute approximate surface area is 128 Å². The fourth-order valence-electron chi connectivity index (χ4n) is 2.95. The third-order valence-electron chi connectivity index (χ3n) is 4.23. The lowest BCUT2D eigenvalue weighted by Gasteiger charge is -2.17. The van der Waals surface area contributed by atoms with E-state index in [-0.39, 0.29) is 0 Å². The molecule has 1 unspecified atom stereocenters. The molecule has 1 heteroatoms. The zero-order valence-corrected chi connectivity index (χ0v) is 13.8. The van der Waals surface area contributed by atoms with E-state index in [1.165, 1.54) is 27.8 Å². The van der Waals surface area contributed by atoms with Gasteiger partial charge in [0.1, 0.15) is 0 Å². The summed E-state index contributed by atoms with van der Waals surface area (Å²) in [6.45, 7) is 10.7. The molecule has 0 radical (unpaired) electrons. The van der Waals surface area contributed by atoms with Gasteiger partial charge in [0.15, 0.2) is 0 Å². The normalized spacial score (nSPS) is 12.7. The van der Waals surface area contributed by atoms with Gasteiger partial charge in [-0.25, -0.2) is 0 Å². The fourth-order valence-corrected chi connectivity index (χ4v) is 2.95. The van der Waals surface area contributed by atoms with E-state index in [9.17, 15) is 5.11 Å². The van der Waals surface area contributed by atoms with Crippen LogP contribution in [0.3, 0.4) is 0 Å². The Morgan fingerprint density at radius 2 is 1.33 bits per heavy atom. The smallest absolute Gasteiger partial charge is 0.0830 e. The van der Waals surface area contributed by atoms with Crippen LogP contribution >= 0.6 is 0 Å². The van der Waals surface area contributed by atoms with Gasteiger partial charge in [0.05, 0.1) is 6.10 Å². The molecule has 21 heavy (non-hydrogen) atoms. The van der Waals surface area contributed by atoms with E-state index in [1.807, 2.05) is 0 Å². The Balaban J connectivity index is 2.20. The molecular weight excluding hydrogens is 256 g/mol. The summed E-state index contributed by atoms with van der Waals surface area (Å²) < 4.78 is 0. The molecule has 2 aromatic carbocycles. The van der Waals surface area contributed by atoms with Crippen LogP contribution in [0.25, 0.3) is 0 Å². The lowest BCUT2D eigenvalue weighted by Crippen LogP contribution is -2.05. The summed E-state index contributed by atoms with van der Waals surface area (Å²) in [4.78, 5) is 0. The quantitative estimate of drug-likeness (QED) is 0.835. The Bertz CT molecular complexity index is 585. The second kappa shape index (κ2) is 6.44. The van der Waals surface area contributed by atoms with E-state index in [0.29, 0.717) is 12.3 Å². The molecule has 0 spiro atoms. The van der Waals surface area contributed by atoms with Crippen LogP contribution in [0.15, 0.2) is 36.4 Å². The van der Waals surface area contributed by atoms with Crippen molar-refractivity contribution in [2.45, 2.75) is 53.1 Å². The zero-order valence-electron chi connectivity index (χ0n) is 13.8. The fraction of sp³-hybridized carbons (Fsp3) is 0.400. The van der Waals surface area contributed by atoms with Crippen LogP contribution in [0.5, 0.6) is 0 Å². The van der Waals surface area contributed by atoms with E-state index in [4.69, 9.17) is 0 Å². The van der Waals surface area contributed by atoms with E-state index in [0.717, 1.165) is 5.56 Å². The Morgan fingerprint density at radius 3 is 1.81 bits per heavy atom. The Morgan fingerprint density at radius 1 is 0.857 bits per heavy atom. The highest BCUT2D eigenvalue weighted by Gasteiger charge is 2.13. The van der Waals surface area contributed by atoms with Gasteiger partial charge in [-0.3, -0.25) is 0 Å². The van der Waals surface area contributed by atoms with Crippen molar-refractivity contribution in [3.05, 3.63) is 69.8 Å². The molecule has 0 amide bonds. The molecule has 1 N–H and O–H groups in total. The minimum atomic E-state index is -0.439. The maximum absolute atomic E-state index is 10.5. The highest BCUT2D eigenvalue weighted by atomic mass is 16.3. The first kappa shape index (κ1) is 15.8. The molecule has 0 aliphatic heterocycles. The number of benzene rings is 2. The first-order chi connectivity index (χ1) is 9.88. The van der Waals surface area contributed by atoms with E-state index in [2.05, 4.69) is 71.0 Å². The van der Waals surface area contributed by atoms with Crippen LogP contribution in [-0.4, -0.2) is 5.11 Å². The molecular formula is C20H26O. The number of aliphatic hydroxyl groups is 1. The zero-order chi connectivity index (χ0) is 15.6. The second-order valence-electron chi connectivity index (χ2n) is 6.42. The Kier molecular flexibility index (Phi) is 4.84. The van der Waals surface area contributed by atoms with Crippen molar-refractivity contribution >= 4 is 0 Å². The highest BCUT2D eigenvalue weighted by molar-refractivity contribution is 5.39. The number of aliphatic hydroxyl groups excluding tert-OH is 1. The first-order valence-corrected chi connectivity index (χ1v) is 7.73. The summed E-state index contributed by atoms with van der Waals surface area (Å²) >= 11 is 0. The Hall–Kier alpha value is -1.60. The summed E-state index contributed by atoms with van der Waals surface area (Å²) in [5.41, 5.74) is 7.40. The van der Waals surface area contributed by atoms with Crippen molar-refractivity contribution in [1.29, 1.82) is 0 Å². The average molecular weight is 282 g/mol. The lowest BCUT2D eigenvalue weighted by atomic mass is 9.92. The van der Waals surface area contributed by atoms with Gasteiger partial charge in [-0.2, -0.15) is 0 Å². The summed E-state index contributed by atoms with van der Waals surface area (Å²) in [6, 6.07) is 12.7. The molecule has 112 valence electrons. The summed E-state index contributed by atoms with van der Waals surface area (Å²) in [7, 11) is 0. The van der Waals surface area contributed by atoms with Crippen molar-refractivity contribution in [3.63, 3.8) is 0 Å². The third-order valence-corrected chi connectivity index (χ3v) is 4.23. The van der Waals surface area contributed by atoms with Gasteiger partial charge in [-0.05, 0) is 54.5 Å².